The molecule has 32 heavy (non-hydrogen) atoms. The molecule has 0 spiro atoms. The van der Waals surface area contributed by atoms with Crippen LogP contribution in [0.3, 0.4) is 0 Å². The summed E-state index contributed by atoms with van der Waals surface area (Å²) >= 11 is 0. The molecule has 1 N–H and O–H groups in total. The molecule has 3 aromatic rings. The minimum absolute atomic E-state index is 0.176. The number of methoxy groups -OCH3 is 1. The molecule has 0 aliphatic carbocycles. The number of nitrogens with one attached hydrogen (secondary N) is 1. The highest BCUT2D eigenvalue weighted by molar-refractivity contribution is 7.90. The zero-order valence-electron chi connectivity index (χ0n) is 19.1. The maximum Gasteiger partial charge on any atom is 0.175 e. The van der Waals surface area contributed by atoms with E-state index in [1.165, 1.54) is 6.26 Å². The van der Waals surface area contributed by atoms with Crippen LogP contribution in [0.5, 0.6) is 0 Å². The van der Waals surface area contributed by atoms with Gasteiger partial charge >= 0.3 is 0 Å². The minimum atomic E-state index is -3.31. The standard InChI is InChI=1S/C23H29N5O3S/c1-14-19(7-6-8-21(14)32(5,29)30)15(2)25-23-20-11-17(28-10-9-18(13-28)31-4)12-24-22(20)16(3)26-27-23/h6-8,11-12,15,18H,9-10,13H2,1-5H3,(H,25,27)/t15-,18+/m1/s1. The van der Waals surface area contributed by atoms with Gasteiger partial charge in [-0.3, -0.25) is 4.98 Å². The van der Waals surface area contributed by atoms with Gasteiger partial charge in [-0.25, -0.2) is 8.42 Å². The van der Waals surface area contributed by atoms with Crippen LogP contribution in [0.2, 0.25) is 0 Å². The molecule has 8 nitrogen and oxygen atoms in total. The van der Waals surface area contributed by atoms with Crippen molar-refractivity contribution in [1.29, 1.82) is 0 Å². The zero-order chi connectivity index (χ0) is 23.0. The van der Waals surface area contributed by atoms with Crippen molar-refractivity contribution in [2.24, 2.45) is 0 Å². The highest BCUT2D eigenvalue weighted by atomic mass is 32.2. The number of pyridine rings is 1. The van der Waals surface area contributed by atoms with Crippen molar-refractivity contribution in [1.82, 2.24) is 15.2 Å². The van der Waals surface area contributed by atoms with Gasteiger partial charge in [-0.15, -0.1) is 5.10 Å². The number of fused-ring (bicyclic) bond motifs is 1. The Kier molecular flexibility index (Phi) is 6.05. The molecule has 2 atom stereocenters. The molecular weight excluding hydrogens is 426 g/mol. The number of aromatic nitrogens is 3. The molecule has 2 aromatic heterocycles. The molecule has 0 radical (unpaired) electrons. The van der Waals surface area contributed by atoms with Gasteiger partial charge in [0.25, 0.3) is 0 Å². The molecule has 9 heteroatoms. The molecule has 0 saturated carbocycles. The van der Waals surface area contributed by atoms with E-state index in [0.717, 1.165) is 52.9 Å². The van der Waals surface area contributed by atoms with Gasteiger partial charge in [0.1, 0.15) is 0 Å². The number of sulfone groups is 1. The van der Waals surface area contributed by atoms with Crippen LogP contribution in [0.15, 0.2) is 35.4 Å². The first-order chi connectivity index (χ1) is 15.2. The second-order valence-corrected chi connectivity index (χ2v) is 10.4. The van der Waals surface area contributed by atoms with Crippen molar-refractivity contribution in [3.63, 3.8) is 0 Å². The number of rotatable bonds is 6. The Morgan fingerprint density at radius 2 is 2.03 bits per heavy atom. The topological polar surface area (TPSA) is 97.3 Å². The monoisotopic (exact) mass is 455 g/mol. The van der Waals surface area contributed by atoms with Crippen molar-refractivity contribution < 1.29 is 13.2 Å². The van der Waals surface area contributed by atoms with E-state index in [9.17, 15) is 8.42 Å². The Morgan fingerprint density at radius 1 is 1.25 bits per heavy atom. The molecule has 0 bridgehead atoms. The van der Waals surface area contributed by atoms with Gasteiger partial charge < -0.3 is 15.0 Å². The minimum Gasteiger partial charge on any atom is -0.380 e. The largest absolute Gasteiger partial charge is 0.380 e. The van der Waals surface area contributed by atoms with Crippen LogP contribution in [0.1, 0.15) is 36.2 Å². The van der Waals surface area contributed by atoms with E-state index in [-0.39, 0.29) is 12.1 Å². The highest BCUT2D eigenvalue weighted by Gasteiger charge is 2.24. The smallest absolute Gasteiger partial charge is 0.175 e. The number of anilines is 2. The van der Waals surface area contributed by atoms with Crippen LogP contribution in [-0.4, -0.2) is 56.2 Å². The summed E-state index contributed by atoms with van der Waals surface area (Å²) in [5.74, 6) is 0.624. The number of benzene rings is 1. The second kappa shape index (κ2) is 8.63. The van der Waals surface area contributed by atoms with Gasteiger partial charge in [0.2, 0.25) is 0 Å². The summed E-state index contributed by atoms with van der Waals surface area (Å²) in [7, 11) is -1.56. The summed E-state index contributed by atoms with van der Waals surface area (Å²) in [6.07, 6.45) is 4.32. The third-order valence-electron chi connectivity index (χ3n) is 6.16. The molecular formula is C23H29N5O3S. The molecule has 1 aliphatic rings. The third-order valence-corrected chi connectivity index (χ3v) is 7.40. The molecule has 3 heterocycles. The van der Waals surface area contributed by atoms with Crippen molar-refractivity contribution >= 4 is 32.2 Å². The molecule has 0 amide bonds. The normalized spacial score (nSPS) is 17.7. The SMILES string of the molecule is CO[C@H]1CCN(c2cnc3c(C)nnc(N[C@H](C)c4cccc(S(C)(=O)=O)c4C)c3c2)C1. The van der Waals surface area contributed by atoms with Gasteiger partial charge in [-0.1, -0.05) is 12.1 Å². The lowest BCUT2D eigenvalue weighted by atomic mass is 10.0. The van der Waals surface area contributed by atoms with Crippen molar-refractivity contribution in [2.75, 3.05) is 36.7 Å². The Bertz CT molecular complexity index is 1260. The van der Waals surface area contributed by atoms with Crippen LogP contribution in [-0.2, 0) is 14.6 Å². The first-order valence-electron chi connectivity index (χ1n) is 10.7. The molecule has 1 saturated heterocycles. The van der Waals surface area contributed by atoms with Crippen molar-refractivity contribution in [3.05, 3.63) is 47.3 Å². The van der Waals surface area contributed by atoms with Crippen LogP contribution < -0.4 is 10.2 Å². The van der Waals surface area contributed by atoms with Crippen LogP contribution in [0.25, 0.3) is 10.9 Å². The number of ether oxygens (including phenoxy) is 1. The lowest BCUT2D eigenvalue weighted by Crippen LogP contribution is -2.22. The van der Waals surface area contributed by atoms with Crippen LogP contribution in [0.4, 0.5) is 11.5 Å². The lowest BCUT2D eigenvalue weighted by molar-refractivity contribution is 0.121. The molecule has 0 unspecified atom stereocenters. The van der Waals surface area contributed by atoms with E-state index in [1.54, 1.807) is 19.2 Å². The molecule has 1 aliphatic heterocycles. The average molecular weight is 456 g/mol. The van der Waals surface area contributed by atoms with E-state index in [4.69, 9.17) is 4.74 Å². The number of aryl methyl sites for hydroxylation is 1. The molecule has 1 fully saturated rings. The van der Waals surface area contributed by atoms with Crippen LogP contribution >= 0.6 is 0 Å². The Balaban J connectivity index is 1.70. The maximum absolute atomic E-state index is 12.1. The van der Waals surface area contributed by atoms with Gasteiger partial charge in [0.15, 0.2) is 15.7 Å². The quantitative estimate of drug-likeness (QED) is 0.604. The summed E-state index contributed by atoms with van der Waals surface area (Å²) in [6.45, 7) is 7.47. The second-order valence-electron chi connectivity index (χ2n) is 8.42. The first-order valence-corrected chi connectivity index (χ1v) is 12.5. The summed E-state index contributed by atoms with van der Waals surface area (Å²) in [4.78, 5) is 7.29. The van der Waals surface area contributed by atoms with Gasteiger partial charge in [-0.2, -0.15) is 5.10 Å². The summed E-state index contributed by atoms with van der Waals surface area (Å²) < 4.78 is 29.8. The van der Waals surface area contributed by atoms with Gasteiger partial charge in [0, 0.05) is 31.8 Å². The highest BCUT2D eigenvalue weighted by Crippen LogP contribution is 2.31. The van der Waals surface area contributed by atoms with Crippen LogP contribution in [0, 0.1) is 13.8 Å². The number of nitrogens with zero attached hydrogens (tertiary/aromatic N) is 4. The predicted octanol–water partition coefficient (Wildman–Crippen LogP) is 3.44. The molecule has 4 rings (SSSR count). The summed E-state index contributed by atoms with van der Waals surface area (Å²) in [6, 6.07) is 7.27. The average Bonchev–Trinajstić information content (AvgIpc) is 3.24. The predicted molar refractivity (Wildman–Crippen MR) is 126 cm³/mol. The van der Waals surface area contributed by atoms with E-state index < -0.39 is 9.84 Å². The Labute approximate surface area is 188 Å². The van der Waals surface area contributed by atoms with E-state index >= 15 is 0 Å². The summed E-state index contributed by atoms with van der Waals surface area (Å²) in [5, 5.41) is 13.0. The van der Waals surface area contributed by atoms with E-state index in [1.807, 2.05) is 33.0 Å². The van der Waals surface area contributed by atoms with E-state index in [2.05, 4.69) is 31.5 Å². The number of hydrogen-bond acceptors (Lipinski definition) is 8. The zero-order valence-corrected chi connectivity index (χ0v) is 19.9. The van der Waals surface area contributed by atoms with Crippen molar-refractivity contribution in [3.8, 4) is 0 Å². The van der Waals surface area contributed by atoms with Gasteiger partial charge in [-0.05, 0) is 50.5 Å². The Hall–Kier alpha value is -2.78. The lowest BCUT2D eigenvalue weighted by Gasteiger charge is -2.21. The van der Waals surface area contributed by atoms with Gasteiger partial charge in [0.05, 0.1) is 40.1 Å². The fourth-order valence-corrected chi connectivity index (χ4v) is 5.37. The number of hydrogen-bond donors (Lipinski definition) is 1. The Morgan fingerprint density at radius 3 is 2.72 bits per heavy atom. The third kappa shape index (κ3) is 4.27. The van der Waals surface area contributed by atoms with E-state index in [0.29, 0.717) is 10.7 Å². The van der Waals surface area contributed by atoms with Crippen molar-refractivity contribution in [2.45, 2.75) is 44.2 Å². The first kappa shape index (κ1) is 22.4. The maximum atomic E-state index is 12.1. The fourth-order valence-electron chi connectivity index (χ4n) is 4.37. The summed E-state index contributed by atoms with van der Waals surface area (Å²) in [5.41, 5.74) is 4.21. The fraction of sp³-hybridized carbons (Fsp3) is 0.435. The molecule has 1 aromatic carbocycles. The molecule has 170 valence electrons.